The fraction of sp³-hybridized carbons (Fsp3) is 0.714. The van der Waals surface area contributed by atoms with Gasteiger partial charge in [0.15, 0.2) is 0 Å². The van der Waals surface area contributed by atoms with Crippen molar-refractivity contribution >= 4 is 11.5 Å². The van der Waals surface area contributed by atoms with Gasteiger partial charge in [0.25, 0.3) is 0 Å². The van der Waals surface area contributed by atoms with Crippen LogP contribution in [0, 0.1) is 6.92 Å². The first kappa shape index (κ1) is 7.18. The van der Waals surface area contributed by atoms with Gasteiger partial charge in [-0.3, -0.25) is 0 Å². The van der Waals surface area contributed by atoms with Crippen molar-refractivity contribution in [2.75, 3.05) is 13.1 Å². The molecule has 0 radical (unpaired) electrons. The molecule has 11 heavy (non-hydrogen) atoms. The lowest BCUT2D eigenvalue weighted by atomic mass is 10.1. The van der Waals surface area contributed by atoms with Gasteiger partial charge >= 0.3 is 0 Å². The van der Waals surface area contributed by atoms with Gasteiger partial charge in [-0.05, 0) is 31.4 Å². The minimum absolute atomic E-state index is 0.626. The highest BCUT2D eigenvalue weighted by atomic mass is 32.1. The maximum absolute atomic E-state index is 4.36. The third-order valence-corrected chi connectivity index (χ3v) is 2.92. The van der Waals surface area contributed by atoms with E-state index in [1.54, 1.807) is 11.5 Å². The third kappa shape index (κ3) is 1.41. The standard InChI is InChI=1S/C7H11N3S/c1-5-9-7(11-10-5)6-2-3-8-4-6/h6,8H,2-4H2,1H3. The van der Waals surface area contributed by atoms with Crippen molar-refractivity contribution < 1.29 is 0 Å². The Morgan fingerprint density at radius 2 is 2.55 bits per heavy atom. The van der Waals surface area contributed by atoms with Crippen LogP contribution in [-0.4, -0.2) is 22.4 Å². The summed E-state index contributed by atoms with van der Waals surface area (Å²) < 4.78 is 4.16. The molecule has 2 heterocycles. The van der Waals surface area contributed by atoms with E-state index >= 15 is 0 Å². The topological polar surface area (TPSA) is 37.8 Å². The van der Waals surface area contributed by atoms with Crippen molar-refractivity contribution in [3.63, 3.8) is 0 Å². The van der Waals surface area contributed by atoms with E-state index in [-0.39, 0.29) is 0 Å². The van der Waals surface area contributed by atoms with Crippen LogP contribution in [0.25, 0.3) is 0 Å². The highest BCUT2D eigenvalue weighted by Crippen LogP contribution is 2.23. The molecular formula is C7H11N3S. The molecule has 1 aliphatic rings. The summed E-state index contributed by atoms with van der Waals surface area (Å²) in [4.78, 5) is 4.36. The molecular weight excluding hydrogens is 158 g/mol. The van der Waals surface area contributed by atoms with Crippen molar-refractivity contribution in [2.24, 2.45) is 0 Å². The molecule has 4 heteroatoms. The molecule has 1 saturated heterocycles. The second-order valence-corrected chi connectivity index (χ2v) is 3.65. The van der Waals surface area contributed by atoms with Gasteiger partial charge in [-0.15, -0.1) is 0 Å². The maximum Gasteiger partial charge on any atom is 0.139 e. The van der Waals surface area contributed by atoms with Crippen LogP contribution in [0.5, 0.6) is 0 Å². The monoisotopic (exact) mass is 169 g/mol. The second-order valence-electron chi connectivity index (χ2n) is 2.87. The van der Waals surface area contributed by atoms with Crippen LogP contribution < -0.4 is 5.32 Å². The highest BCUT2D eigenvalue weighted by Gasteiger charge is 2.19. The Bertz CT molecular complexity index is 240. The largest absolute Gasteiger partial charge is 0.316 e. The number of hydrogen-bond acceptors (Lipinski definition) is 4. The summed E-state index contributed by atoms with van der Waals surface area (Å²) in [5.41, 5.74) is 0. The number of rotatable bonds is 1. The minimum Gasteiger partial charge on any atom is -0.316 e. The van der Waals surface area contributed by atoms with E-state index in [1.165, 1.54) is 11.4 Å². The number of aromatic nitrogens is 2. The number of nitrogens with zero attached hydrogens (tertiary/aromatic N) is 2. The van der Waals surface area contributed by atoms with Gasteiger partial charge in [-0.1, -0.05) is 0 Å². The first-order valence-electron chi connectivity index (χ1n) is 3.87. The van der Waals surface area contributed by atoms with E-state index in [9.17, 15) is 0 Å². The van der Waals surface area contributed by atoms with Gasteiger partial charge in [0.1, 0.15) is 10.8 Å². The van der Waals surface area contributed by atoms with E-state index < -0.39 is 0 Å². The number of nitrogens with one attached hydrogen (secondary N) is 1. The molecule has 0 spiro atoms. The molecule has 0 bridgehead atoms. The predicted octanol–water partition coefficient (Wildman–Crippen LogP) is 0.923. The van der Waals surface area contributed by atoms with Crippen LogP contribution in [-0.2, 0) is 0 Å². The Hall–Kier alpha value is -0.480. The fourth-order valence-electron chi connectivity index (χ4n) is 1.34. The second kappa shape index (κ2) is 2.87. The molecule has 1 atom stereocenters. The zero-order valence-corrected chi connectivity index (χ0v) is 7.32. The van der Waals surface area contributed by atoms with E-state index in [0.717, 1.165) is 18.9 Å². The van der Waals surface area contributed by atoms with E-state index in [4.69, 9.17) is 0 Å². The molecule has 0 aromatic carbocycles. The van der Waals surface area contributed by atoms with Crippen LogP contribution >= 0.6 is 11.5 Å². The SMILES string of the molecule is Cc1nsc(C2CCNC2)n1. The molecule has 1 aromatic rings. The van der Waals surface area contributed by atoms with Crippen LogP contribution in [0.2, 0.25) is 0 Å². The zero-order chi connectivity index (χ0) is 7.68. The Labute approximate surface area is 70.0 Å². The molecule has 1 fully saturated rings. The van der Waals surface area contributed by atoms with E-state index in [2.05, 4.69) is 14.7 Å². The number of hydrogen-bond donors (Lipinski definition) is 1. The highest BCUT2D eigenvalue weighted by molar-refractivity contribution is 7.05. The zero-order valence-electron chi connectivity index (χ0n) is 6.50. The molecule has 1 N–H and O–H groups in total. The van der Waals surface area contributed by atoms with Crippen molar-refractivity contribution in [1.82, 2.24) is 14.7 Å². The maximum atomic E-state index is 4.36. The van der Waals surface area contributed by atoms with Gasteiger partial charge < -0.3 is 5.32 Å². The van der Waals surface area contributed by atoms with Crippen LogP contribution in [0.4, 0.5) is 0 Å². The average Bonchev–Trinajstić information content (AvgIpc) is 2.55. The normalized spacial score (nSPS) is 24.3. The van der Waals surface area contributed by atoms with Crippen molar-refractivity contribution in [1.29, 1.82) is 0 Å². The molecule has 1 unspecified atom stereocenters. The molecule has 60 valence electrons. The Morgan fingerprint density at radius 1 is 1.64 bits per heavy atom. The van der Waals surface area contributed by atoms with E-state index in [0.29, 0.717) is 5.92 Å². The van der Waals surface area contributed by atoms with Gasteiger partial charge in [-0.2, -0.15) is 4.37 Å². The molecule has 0 amide bonds. The first-order chi connectivity index (χ1) is 5.36. The molecule has 1 aliphatic heterocycles. The molecule has 1 aromatic heterocycles. The van der Waals surface area contributed by atoms with Gasteiger partial charge in [0.05, 0.1) is 0 Å². The summed E-state index contributed by atoms with van der Waals surface area (Å²) in [7, 11) is 0. The lowest BCUT2D eigenvalue weighted by Gasteiger charge is -1.99. The average molecular weight is 169 g/mol. The lowest BCUT2D eigenvalue weighted by Crippen LogP contribution is -2.07. The summed E-state index contributed by atoms with van der Waals surface area (Å²) in [6.45, 7) is 4.15. The smallest absolute Gasteiger partial charge is 0.139 e. The summed E-state index contributed by atoms with van der Waals surface area (Å²) in [6.07, 6.45) is 1.22. The van der Waals surface area contributed by atoms with Crippen LogP contribution in [0.1, 0.15) is 23.2 Å². The van der Waals surface area contributed by atoms with Gasteiger partial charge in [-0.25, -0.2) is 4.98 Å². The molecule has 2 rings (SSSR count). The predicted molar refractivity (Wildman–Crippen MR) is 44.9 cm³/mol. The fourth-order valence-corrected chi connectivity index (χ4v) is 2.13. The van der Waals surface area contributed by atoms with Crippen molar-refractivity contribution in [3.05, 3.63) is 10.8 Å². The van der Waals surface area contributed by atoms with Crippen molar-refractivity contribution in [3.8, 4) is 0 Å². The van der Waals surface area contributed by atoms with Crippen LogP contribution in [0.3, 0.4) is 0 Å². The first-order valence-corrected chi connectivity index (χ1v) is 4.64. The summed E-state index contributed by atoms with van der Waals surface area (Å²) in [6, 6.07) is 0. The molecule has 0 saturated carbocycles. The lowest BCUT2D eigenvalue weighted by molar-refractivity contribution is 0.752. The third-order valence-electron chi connectivity index (χ3n) is 1.95. The molecule has 3 nitrogen and oxygen atoms in total. The summed E-state index contributed by atoms with van der Waals surface area (Å²) in [5, 5.41) is 4.52. The molecule has 0 aliphatic carbocycles. The Morgan fingerprint density at radius 3 is 3.09 bits per heavy atom. The van der Waals surface area contributed by atoms with Gasteiger partial charge in [0.2, 0.25) is 0 Å². The Kier molecular flexibility index (Phi) is 1.87. The minimum atomic E-state index is 0.626. The van der Waals surface area contributed by atoms with E-state index in [1.807, 2.05) is 6.92 Å². The quantitative estimate of drug-likeness (QED) is 0.679. The van der Waals surface area contributed by atoms with Crippen LogP contribution in [0.15, 0.2) is 0 Å². The summed E-state index contributed by atoms with van der Waals surface area (Å²) in [5.74, 6) is 1.54. The summed E-state index contributed by atoms with van der Waals surface area (Å²) >= 11 is 1.55. The van der Waals surface area contributed by atoms with Gasteiger partial charge in [0, 0.05) is 12.5 Å². The van der Waals surface area contributed by atoms with Crippen molar-refractivity contribution in [2.45, 2.75) is 19.3 Å². The number of aryl methyl sites for hydroxylation is 1. The Balaban J connectivity index is 2.15.